The quantitative estimate of drug-likeness (QED) is 0.687. The topological polar surface area (TPSA) is 51.2 Å². The first-order valence-corrected chi connectivity index (χ1v) is 4.17. The second kappa shape index (κ2) is 2.88. The van der Waals surface area contributed by atoms with Crippen LogP contribution in [0.2, 0.25) is 5.02 Å². The third-order valence-corrected chi connectivity index (χ3v) is 1.94. The Kier molecular flexibility index (Phi) is 1.84. The Morgan fingerprint density at radius 1 is 1.69 bits per heavy atom. The van der Waals surface area contributed by atoms with Crippen molar-refractivity contribution in [2.75, 3.05) is 5.32 Å². The number of nitrogens with zero attached hydrogens (tertiary/aromatic N) is 1. The van der Waals surface area contributed by atoms with Gasteiger partial charge in [-0.15, -0.1) is 0 Å². The van der Waals surface area contributed by atoms with Gasteiger partial charge in [-0.2, -0.15) is 0 Å². The molecule has 68 valence electrons. The number of carbonyl (C=O) groups excluding carboxylic acids is 1. The minimum absolute atomic E-state index is 0.192. The van der Waals surface area contributed by atoms with Crippen LogP contribution in [0.5, 0.6) is 5.75 Å². The molecule has 0 fully saturated rings. The van der Waals surface area contributed by atoms with E-state index < -0.39 is 6.10 Å². The highest BCUT2D eigenvalue weighted by molar-refractivity contribution is 6.30. The third kappa shape index (κ3) is 1.45. The molecule has 1 amide bonds. The molecule has 2 heterocycles. The van der Waals surface area contributed by atoms with Gasteiger partial charge in [0.05, 0.1) is 5.02 Å². The average molecular weight is 199 g/mol. The standard InChI is InChI=1S/C8H7ClN2O2/c1-4-8(12)11-7-6(13-4)2-5(9)3-10-7/h2-4H,1H3,(H,10,11,12). The molecule has 4 nitrogen and oxygen atoms in total. The van der Waals surface area contributed by atoms with Crippen molar-refractivity contribution < 1.29 is 9.53 Å². The summed E-state index contributed by atoms with van der Waals surface area (Å²) in [6, 6.07) is 1.62. The molecule has 13 heavy (non-hydrogen) atoms. The maximum absolute atomic E-state index is 11.1. The van der Waals surface area contributed by atoms with Gasteiger partial charge in [0.1, 0.15) is 0 Å². The van der Waals surface area contributed by atoms with Crippen LogP contribution >= 0.6 is 11.6 Å². The normalized spacial score (nSPS) is 20.2. The van der Waals surface area contributed by atoms with E-state index in [1.807, 2.05) is 0 Å². The summed E-state index contributed by atoms with van der Waals surface area (Å²) in [4.78, 5) is 15.0. The molecule has 0 aliphatic carbocycles. The van der Waals surface area contributed by atoms with E-state index in [0.717, 1.165) is 0 Å². The molecule has 0 spiro atoms. The number of hydrogen-bond acceptors (Lipinski definition) is 3. The molecule has 0 radical (unpaired) electrons. The molecule has 1 aromatic rings. The predicted octanol–water partition coefficient (Wildman–Crippen LogP) is 1.45. The highest BCUT2D eigenvalue weighted by Gasteiger charge is 2.24. The molecular weight excluding hydrogens is 192 g/mol. The van der Waals surface area contributed by atoms with E-state index >= 15 is 0 Å². The maximum Gasteiger partial charge on any atom is 0.266 e. The lowest BCUT2D eigenvalue weighted by Gasteiger charge is -2.21. The Balaban J connectivity index is 2.42. The monoisotopic (exact) mass is 198 g/mol. The summed E-state index contributed by atoms with van der Waals surface area (Å²) in [5.74, 6) is 0.745. The first kappa shape index (κ1) is 8.31. The van der Waals surface area contributed by atoms with Crippen LogP contribution in [0.15, 0.2) is 12.3 Å². The van der Waals surface area contributed by atoms with Crippen LogP contribution in [0.3, 0.4) is 0 Å². The third-order valence-electron chi connectivity index (χ3n) is 1.73. The summed E-state index contributed by atoms with van der Waals surface area (Å²) in [6.45, 7) is 1.67. The molecular formula is C8H7ClN2O2. The summed E-state index contributed by atoms with van der Waals surface area (Å²) < 4.78 is 5.27. The maximum atomic E-state index is 11.1. The van der Waals surface area contributed by atoms with Gasteiger partial charge in [-0.25, -0.2) is 4.98 Å². The van der Waals surface area contributed by atoms with E-state index in [1.54, 1.807) is 13.0 Å². The van der Waals surface area contributed by atoms with E-state index in [-0.39, 0.29) is 5.91 Å². The fourth-order valence-electron chi connectivity index (χ4n) is 1.07. The zero-order valence-electron chi connectivity index (χ0n) is 6.87. The van der Waals surface area contributed by atoms with Crippen molar-refractivity contribution in [3.8, 4) is 5.75 Å². The molecule has 1 atom stereocenters. The van der Waals surface area contributed by atoms with Crippen LogP contribution in [0.4, 0.5) is 5.82 Å². The second-order valence-corrected chi connectivity index (χ2v) is 3.19. The minimum Gasteiger partial charge on any atom is -0.477 e. The van der Waals surface area contributed by atoms with Crippen LogP contribution in [-0.2, 0) is 4.79 Å². The molecule has 2 rings (SSSR count). The number of fused-ring (bicyclic) bond motifs is 1. The summed E-state index contributed by atoms with van der Waals surface area (Å²) in [5.41, 5.74) is 0. The van der Waals surface area contributed by atoms with Crippen LogP contribution in [0.25, 0.3) is 0 Å². The molecule has 1 aliphatic rings. The van der Waals surface area contributed by atoms with Gasteiger partial charge in [-0.1, -0.05) is 11.6 Å². The number of carbonyl (C=O) groups is 1. The fourth-order valence-corrected chi connectivity index (χ4v) is 1.21. The van der Waals surface area contributed by atoms with Gasteiger partial charge in [-0.3, -0.25) is 4.79 Å². The highest BCUT2D eigenvalue weighted by Crippen LogP contribution is 2.29. The van der Waals surface area contributed by atoms with Crippen molar-refractivity contribution in [3.63, 3.8) is 0 Å². The van der Waals surface area contributed by atoms with Gasteiger partial charge in [0, 0.05) is 12.3 Å². The summed E-state index contributed by atoms with van der Waals surface area (Å²) in [6.07, 6.45) is 0.966. The number of pyridine rings is 1. The molecule has 5 heteroatoms. The van der Waals surface area contributed by atoms with E-state index in [9.17, 15) is 4.79 Å². The van der Waals surface area contributed by atoms with Gasteiger partial charge >= 0.3 is 0 Å². The van der Waals surface area contributed by atoms with Crippen molar-refractivity contribution in [3.05, 3.63) is 17.3 Å². The zero-order chi connectivity index (χ0) is 9.42. The number of ether oxygens (including phenoxy) is 1. The molecule has 0 aromatic carbocycles. The second-order valence-electron chi connectivity index (χ2n) is 2.75. The molecule has 1 aromatic heterocycles. The van der Waals surface area contributed by atoms with Gasteiger partial charge in [0.25, 0.3) is 5.91 Å². The first-order valence-electron chi connectivity index (χ1n) is 3.80. The van der Waals surface area contributed by atoms with Gasteiger partial charge in [-0.05, 0) is 6.92 Å². The van der Waals surface area contributed by atoms with Crippen molar-refractivity contribution in [2.45, 2.75) is 13.0 Å². The van der Waals surface area contributed by atoms with Crippen molar-refractivity contribution in [2.24, 2.45) is 0 Å². The molecule has 0 saturated heterocycles. The number of hydrogen-bond donors (Lipinski definition) is 1. The molecule has 1 N–H and O–H groups in total. The number of aromatic nitrogens is 1. The van der Waals surface area contributed by atoms with Gasteiger partial charge in [0.15, 0.2) is 17.7 Å². The van der Waals surface area contributed by atoms with Crippen LogP contribution in [0.1, 0.15) is 6.92 Å². The van der Waals surface area contributed by atoms with Crippen LogP contribution < -0.4 is 10.1 Å². The van der Waals surface area contributed by atoms with E-state index in [4.69, 9.17) is 16.3 Å². The van der Waals surface area contributed by atoms with Crippen molar-refractivity contribution >= 4 is 23.3 Å². The number of amides is 1. The van der Waals surface area contributed by atoms with Gasteiger partial charge < -0.3 is 10.1 Å². The van der Waals surface area contributed by atoms with E-state index in [1.165, 1.54) is 6.20 Å². The minimum atomic E-state index is -0.493. The lowest BCUT2D eigenvalue weighted by atomic mass is 10.3. The van der Waals surface area contributed by atoms with Crippen LogP contribution in [0, 0.1) is 0 Å². The summed E-state index contributed by atoms with van der Waals surface area (Å²) >= 11 is 5.71. The van der Waals surface area contributed by atoms with E-state index in [0.29, 0.717) is 16.6 Å². The number of rotatable bonds is 0. The molecule has 0 saturated carbocycles. The lowest BCUT2D eigenvalue weighted by Crippen LogP contribution is -2.34. The fraction of sp³-hybridized carbons (Fsp3) is 0.250. The smallest absolute Gasteiger partial charge is 0.266 e. The first-order chi connectivity index (χ1) is 6.16. The Morgan fingerprint density at radius 3 is 3.23 bits per heavy atom. The van der Waals surface area contributed by atoms with Crippen molar-refractivity contribution in [1.29, 1.82) is 0 Å². The van der Waals surface area contributed by atoms with E-state index in [2.05, 4.69) is 10.3 Å². The number of halogens is 1. The average Bonchev–Trinajstić information content (AvgIpc) is 2.08. The Hall–Kier alpha value is -1.29. The number of anilines is 1. The largest absolute Gasteiger partial charge is 0.477 e. The molecule has 1 unspecified atom stereocenters. The highest BCUT2D eigenvalue weighted by atomic mass is 35.5. The van der Waals surface area contributed by atoms with Crippen LogP contribution in [-0.4, -0.2) is 17.0 Å². The summed E-state index contributed by atoms with van der Waals surface area (Å²) in [5, 5.41) is 3.09. The number of nitrogens with one attached hydrogen (secondary N) is 1. The van der Waals surface area contributed by atoms with Gasteiger partial charge in [0.2, 0.25) is 0 Å². The van der Waals surface area contributed by atoms with Crippen molar-refractivity contribution in [1.82, 2.24) is 4.98 Å². The summed E-state index contributed by atoms with van der Waals surface area (Å²) in [7, 11) is 0. The Labute approximate surface area is 79.9 Å². The molecule has 0 bridgehead atoms. The predicted molar refractivity (Wildman–Crippen MR) is 48.0 cm³/mol. The Bertz CT molecular complexity index is 367. The molecule has 1 aliphatic heterocycles. The zero-order valence-corrected chi connectivity index (χ0v) is 7.63. The lowest BCUT2D eigenvalue weighted by molar-refractivity contribution is -0.122. The Morgan fingerprint density at radius 2 is 2.46 bits per heavy atom. The SMILES string of the molecule is CC1Oc2cc(Cl)cnc2NC1=O.